The van der Waals surface area contributed by atoms with E-state index in [-0.39, 0.29) is 25.0 Å². The van der Waals surface area contributed by atoms with Crippen LogP contribution in [0.15, 0.2) is 30.3 Å². The third kappa shape index (κ3) is 3.85. The van der Waals surface area contributed by atoms with E-state index in [0.717, 1.165) is 23.7 Å². The van der Waals surface area contributed by atoms with Gasteiger partial charge >= 0.3 is 5.97 Å². The molecule has 1 aliphatic heterocycles. The van der Waals surface area contributed by atoms with Gasteiger partial charge in [-0.15, -0.1) is 0 Å². The van der Waals surface area contributed by atoms with Crippen molar-refractivity contribution in [3.63, 3.8) is 0 Å². The maximum absolute atomic E-state index is 13.2. The van der Waals surface area contributed by atoms with Gasteiger partial charge in [0.05, 0.1) is 12.5 Å². The second-order valence-corrected chi connectivity index (χ2v) is 6.36. The Kier molecular flexibility index (Phi) is 5.38. The Labute approximate surface area is 147 Å². The molecule has 0 bridgehead atoms. The van der Waals surface area contributed by atoms with Crippen LogP contribution in [0.1, 0.15) is 36.7 Å². The van der Waals surface area contributed by atoms with Gasteiger partial charge in [-0.2, -0.15) is 0 Å². The fourth-order valence-electron chi connectivity index (χ4n) is 3.43. The minimum atomic E-state index is -0.902. The zero-order valence-corrected chi connectivity index (χ0v) is 14.5. The van der Waals surface area contributed by atoms with Gasteiger partial charge < -0.3 is 19.3 Å². The van der Waals surface area contributed by atoms with Crippen LogP contribution < -0.4 is 0 Å². The fourth-order valence-corrected chi connectivity index (χ4v) is 3.43. The SMILES string of the molecule is CCn1c(C(=O)N(CCC(=O)O)CC2CCCO2)cc2ccccc21. The van der Waals surface area contributed by atoms with Gasteiger partial charge in [0.25, 0.3) is 5.91 Å². The quantitative estimate of drug-likeness (QED) is 0.838. The van der Waals surface area contributed by atoms with E-state index in [2.05, 4.69) is 0 Å². The number of hydrogen-bond acceptors (Lipinski definition) is 3. The lowest BCUT2D eigenvalue weighted by molar-refractivity contribution is -0.137. The highest BCUT2D eigenvalue weighted by molar-refractivity contribution is 5.99. The molecular formula is C19H24N2O4. The number of ether oxygens (including phenoxy) is 1. The number of rotatable bonds is 7. The zero-order chi connectivity index (χ0) is 17.8. The van der Waals surface area contributed by atoms with Crippen molar-refractivity contribution < 1.29 is 19.4 Å². The molecule has 1 fully saturated rings. The molecule has 25 heavy (non-hydrogen) atoms. The van der Waals surface area contributed by atoms with E-state index in [1.165, 1.54) is 0 Å². The molecule has 1 unspecified atom stereocenters. The number of carboxylic acid groups (broad SMARTS) is 1. The standard InChI is InChI=1S/C19H24N2O4/c1-2-21-16-8-4-3-6-14(16)12-17(21)19(24)20(10-9-18(22)23)13-15-7-5-11-25-15/h3-4,6,8,12,15H,2,5,7,9-11,13H2,1H3,(H,22,23). The Morgan fingerprint density at radius 3 is 2.84 bits per heavy atom. The molecular weight excluding hydrogens is 320 g/mol. The highest BCUT2D eigenvalue weighted by atomic mass is 16.5. The molecule has 1 N–H and O–H groups in total. The van der Waals surface area contributed by atoms with Crippen LogP contribution in [0.5, 0.6) is 0 Å². The van der Waals surface area contributed by atoms with Crippen molar-refractivity contribution in [3.8, 4) is 0 Å². The molecule has 1 aromatic carbocycles. The first-order chi connectivity index (χ1) is 12.1. The minimum Gasteiger partial charge on any atom is -0.481 e. The summed E-state index contributed by atoms with van der Waals surface area (Å²) in [7, 11) is 0. The lowest BCUT2D eigenvalue weighted by Gasteiger charge is -2.25. The molecule has 0 saturated carbocycles. The number of carboxylic acids is 1. The molecule has 3 rings (SSSR count). The van der Waals surface area contributed by atoms with E-state index in [1.54, 1.807) is 4.90 Å². The predicted molar refractivity (Wildman–Crippen MR) is 94.7 cm³/mol. The first kappa shape index (κ1) is 17.5. The number of hydrogen-bond donors (Lipinski definition) is 1. The van der Waals surface area contributed by atoms with Gasteiger partial charge in [-0.25, -0.2) is 0 Å². The van der Waals surface area contributed by atoms with E-state index in [4.69, 9.17) is 9.84 Å². The first-order valence-electron chi connectivity index (χ1n) is 8.81. The molecule has 1 saturated heterocycles. The van der Waals surface area contributed by atoms with Crippen molar-refractivity contribution >= 4 is 22.8 Å². The molecule has 2 heterocycles. The molecule has 0 spiro atoms. The topological polar surface area (TPSA) is 71.8 Å². The number of aromatic nitrogens is 1. The Morgan fingerprint density at radius 2 is 2.16 bits per heavy atom. The average Bonchev–Trinajstić information content (AvgIpc) is 3.24. The summed E-state index contributed by atoms with van der Waals surface area (Å²) in [5.41, 5.74) is 1.62. The third-order valence-corrected chi connectivity index (χ3v) is 4.68. The van der Waals surface area contributed by atoms with E-state index in [0.29, 0.717) is 25.4 Å². The summed E-state index contributed by atoms with van der Waals surface area (Å²) in [4.78, 5) is 25.8. The first-order valence-corrected chi connectivity index (χ1v) is 8.81. The van der Waals surface area contributed by atoms with Crippen LogP contribution >= 0.6 is 0 Å². The van der Waals surface area contributed by atoms with Crippen LogP contribution in [0.25, 0.3) is 10.9 Å². The van der Waals surface area contributed by atoms with Crippen molar-refractivity contribution in [1.29, 1.82) is 0 Å². The Morgan fingerprint density at radius 1 is 1.36 bits per heavy atom. The van der Waals surface area contributed by atoms with Crippen LogP contribution in [-0.2, 0) is 16.1 Å². The Balaban J connectivity index is 1.88. The third-order valence-electron chi connectivity index (χ3n) is 4.68. The van der Waals surface area contributed by atoms with E-state index in [9.17, 15) is 9.59 Å². The largest absolute Gasteiger partial charge is 0.481 e. The Hall–Kier alpha value is -2.34. The van der Waals surface area contributed by atoms with Gasteiger partial charge in [-0.3, -0.25) is 9.59 Å². The molecule has 1 amide bonds. The van der Waals surface area contributed by atoms with Crippen molar-refractivity contribution in [1.82, 2.24) is 9.47 Å². The molecule has 0 radical (unpaired) electrons. The van der Waals surface area contributed by atoms with Crippen LogP contribution in [-0.4, -0.2) is 52.3 Å². The van der Waals surface area contributed by atoms with Crippen molar-refractivity contribution in [2.45, 2.75) is 38.8 Å². The highest BCUT2D eigenvalue weighted by Crippen LogP contribution is 2.22. The number of carbonyl (C=O) groups excluding carboxylic acids is 1. The summed E-state index contributed by atoms with van der Waals surface area (Å²) in [6.45, 7) is 4.03. The van der Waals surface area contributed by atoms with Crippen molar-refractivity contribution in [2.24, 2.45) is 0 Å². The Bertz CT molecular complexity index is 762. The number of amides is 1. The summed E-state index contributed by atoms with van der Waals surface area (Å²) >= 11 is 0. The van der Waals surface area contributed by atoms with Gasteiger partial charge in [0.2, 0.25) is 0 Å². The second kappa shape index (κ2) is 7.70. The van der Waals surface area contributed by atoms with Crippen molar-refractivity contribution in [2.75, 3.05) is 19.7 Å². The number of para-hydroxylation sites is 1. The molecule has 0 aliphatic carbocycles. The molecule has 1 atom stereocenters. The number of aryl methyl sites for hydroxylation is 1. The van der Waals surface area contributed by atoms with Crippen LogP contribution in [0.4, 0.5) is 0 Å². The summed E-state index contributed by atoms with van der Waals surface area (Å²) < 4.78 is 7.63. The molecule has 1 aromatic heterocycles. The van der Waals surface area contributed by atoms with Gasteiger partial charge in [0.1, 0.15) is 5.69 Å². The highest BCUT2D eigenvalue weighted by Gasteiger charge is 2.26. The van der Waals surface area contributed by atoms with Gasteiger partial charge in [-0.1, -0.05) is 18.2 Å². The van der Waals surface area contributed by atoms with E-state index >= 15 is 0 Å². The van der Waals surface area contributed by atoms with Crippen LogP contribution in [0.3, 0.4) is 0 Å². The number of carbonyl (C=O) groups is 2. The maximum atomic E-state index is 13.2. The average molecular weight is 344 g/mol. The zero-order valence-electron chi connectivity index (χ0n) is 14.5. The van der Waals surface area contributed by atoms with Crippen LogP contribution in [0, 0.1) is 0 Å². The summed E-state index contributed by atoms with van der Waals surface area (Å²) in [5.74, 6) is -1.03. The van der Waals surface area contributed by atoms with Gasteiger partial charge in [0, 0.05) is 37.1 Å². The van der Waals surface area contributed by atoms with Gasteiger partial charge in [-0.05, 0) is 31.9 Å². The number of benzene rings is 1. The minimum absolute atomic E-state index is 0.00259. The summed E-state index contributed by atoms with van der Waals surface area (Å²) in [6, 6.07) is 9.78. The second-order valence-electron chi connectivity index (χ2n) is 6.36. The number of nitrogens with zero attached hydrogens (tertiary/aromatic N) is 2. The maximum Gasteiger partial charge on any atom is 0.305 e. The predicted octanol–water partition coefficient (Wildman–Crippen LogP) is 2.76. The fraction of sp³-hybridized carbons (Fsp3) is 0.474. The molecule has 134 valence electrons. The van der Waals surface area contributed by atoms with E-state index < -0.39 is 5.97 Å². The van der Waals surface area contributed by atoms with Gasteiger partial charge in [0.15, 0.2) is 0 Å². The molecule has 1 aliphatic rings. The monoisotopic (exact) mass is 344 g/mol. The lowest BCUT2D eigenvalue weighted by Crippen LogP contribution is -2.39. The van der Waals surface area contributed by atoms with Crippen molar-refractivity contribution in [3.05, 3.63) is 36.0 Å². The molecule has 6 nitrogen and oxygen atoms in total. The smallest absolute Gasteiger partial charge is 0.305 e. The summed E-state index contributed by atoms with van der Waals surface area (Å²) in [6.07, 6.45) is 1.83. The molecule has 6 heteroatoms. The normalized spacial score (nSPS) is 17.1. The van der Waals surface area contributed by atoms with Crippen LogP contribution in [0.2, 0.25) is 0 Å². The lowest BCUT2D eigenvalue weighted by atomic mass is 10.2. The number of aliphatic carboxylic acids is 1. The molecule has 2 aromatic rings. The van der Waals surface area contributed by atoms with E-state index in [1.807, 2.05) is 41.8 Å². The number of fused-ring (bicyclic) bond motifs is 1. The summed E-state index contributed by atoms with van der Waals surface area (Å²) in [5, 5.41) is 10.0.